The molecule has 0 fully saturated rings. The summed E-state index contributed by atoms with van der Waals surface area (Å²) in [6, 6.07) is 0. The van der Waals surface area contributed by atoms with Crippen LogP contribution in [0.2, 0.25) is 0 Å². The van der Waals surface area contributed by atoms with Crippen LogP contribution in [0.4, 0.5) is 39.5 Å². The molecule has 0 aliphatic rings. The van der Waals surface area contributed by atoms with Gasteiger partial charge in [-0.2, -0.15) is 39.5 Å². The van der Waals surface area contributed by atoms with Gasteiger partial charge in [0.1, 0.15) is 5.92 Å². The number of carboxylic acid groups (broad SMARTS) is 1. The minimum Gasteiger partial charge on any atom is -0.477 e. The molecule has 114 valence electrons. The van der Waals surface area contributed by atoms with Gasteiger partial charge in [0.2, 0.25) is 0 Å². The molecule has 0 radical (unpaired) electrons. The molecule has 0 aliphatic carbocycles. The first kappa shape index (κ1) is 17.8. The maximum Gasteiger partial charge on any atom is 0.453 e. The molecule has 0 saturated carbocycles. The Morgan fingerprint density at radius 1 is 0.895 bits per heavy atom. The predicted octanol–water partition coefficient (Wildman–Crippen LogP) is 2.15. The van der Waals surface area contributed by atoms with E-state index < -0.39 is 42.4 Å². The van der Waals surface area contributed by atoms with Crippen molar-refractivity contribution in [3.63, 3.8) is 0 Å². The van der Waals surface area contributed by atoms with E-state index in [1.54, 1.807) is 0 Å². The van der Waals surface area contributed by atoms with Crippen molar-refractivity contribution in [2.45, 2.75) is 23.9 Å². The van der Waals surface area contributed by atoms with E-state index in [9.17, 15) is 44.3 Å². The van der Waals surface area contributed by atoms with Crippen molar-refractivity contribution in [2.24, 2.45) is 5.92 Å². The van der Waals surface area contributed by atoms with Gasteiger partial charge in [0.05, 0.1) is 6.61 Å². The van der Waals surface area contributed by atoms with E-state index in [1.165, 1.54) is 0 Å². The maximum absolute atomic E-state index is 12.9. The summed E-state index contributed by atoms with van der Waals surface area (Å²) >= 11 is 0. The van der Waals surface area contributed by atoms with Crippen LogP contribution in [0.15, 0.2) is 0 Å². The lowest BCUT2D eigenvalue weighted by atomic mass is 9.89. The predicted molar refractivity (Wildman–Crippen MR) is 39.1 cm³/mol. The van der Waals surface area contributed by atoms with E-state index >= 15 is 0 Å². The van der Waals surface area contributed by atoms with Gasteiger partial charge < -0.3 is 10.2 Å². The van der Waals surface area contributed by atoms with Crippen LogP contribution in [0, 0.1) is 5.92 Å². The zero-order chi connectivity index (χ0) is 15.9. The van der Waals surface area contributed by atoms with Crippen LogP contribution in [0.1, 0.15) is 0 Å². The molecule has 0 spiro atoms. The summed E-state index contributed by atoms with van der Waals surface area (Å²) in [6.07, 6.45) is -6.67. The molecule has 19 heavy (non-hydrogen) atoms. The lowest BCUT2D eigenvalue weighted by Gasteiger charge is -2.35. The Morgan fingerprint density at radius 2 is 1.26 bits per heavy atom. The van der Waals surface area contributed by atoms with E-state index in [-0.39, 0.29) is 0 Å². The van der Waals surface area contributed by atoms with Gasteiger partial charge in [-0.15, -0.1) is 0 Å². The van der Waals surface area contributed by atoms with E-state index in [0.29, 0.717) is 0 Å². The highest BCUT2D eigenvalue weighted by Gasteiger charge is 2.77. The summed E-state index contributed by atoms with van der Waals surface area (Å²) in [5, 5.41) is 15.9. The fourth-order valence-electron chi connectivity index (χ4n) is 1.02. The second-order valence-electron chi connectivity index (χ2n) is 3.36. The van der Waals surface area contributed by atoms with Gasteiger partial charge in [-0.3, -0.25) is 0 Å². The molecule has 0 saturated heterocycles. The van der Waals surface area contributed by atoms with Crippen LogP contribution >= 0.6 is 0 Å². The van der Waals surface area contributed by atoms with Crippen molar-refractivity contribution in [1.29, 1.82) is 0 Å². The average molecular weight is 308 g/mol. The molecule has 3 nitrogen and oxygen atoms in total. The van der Waals surface area contributed by atoms with Crippen molar-refractivity contribution in [3.8, 4) is 0 Å². The third kappa shape index (κ3) is 2.72. The molecular weight excluding hydrogens is 303 g/mol. The summed E-state index contributed by atoms with van der Waals surface area (Å²) in [5.41, 5.74) is 0. The number of alkyl halides is 9. The molecule has 0 heterocycles. The molecular formula is C7H5F9O3. The third-order valence-electron chi connectivity index (χ3n) is 2.12. The number of halogens is 9. The van der Waals surface area contributed by atoms with Crippen molar-refractivity contribution in [1.82, 2.24) is 0 Å². The fraction of sp³-hybridized carbons (Fsp3) is 0.857. The second-order valence-corrected chi connectivity index (χ2v) is 3.36. The third-order valence-corrected chi connectivity index (χ3v) is 2.12. The Bertz CT molecular complexity index is 348. The standard InChI is InChI=1S/C7H5F9O3/c8-4(9,6(12,13)3(18)19)2(1-17)5(10,11)7(14,15)16/h2,17H,1H2,(H,18,19). The van der Waals surface area contributed by atoms with Crippen molar-refractivity contribution >= 4 is 5.97 Å². The number of aliphatic carboxylic acids is 1. The van der Waals surface area contributed by atoms with Crippen LogP contribution in [0.5, 0.6) is 0 Å². The van der Waals surface area contributed by atoms with Gasteiger partial charge in [0.25, 0.3) is 0 Å². The van der Waals surface area contributed by atoms with E-state index in [2.05, 4.69) is 0 Å². The van der Waals surface area contributed by atoms with Crippen molar-refractivity contribution in [3.05, 3.63) is 0 Å². The second kappa shape index (κ2) is 4.72. The smallest absolute Gasteiger partial charge is 0.453 e. The summed E-state index contributed by atoms with van der Waals surface area (Å²) in [5.74, 6) is -27.2. The Hall–Kier alpha value is -1.20. The van der Waals surface area contributed by atoms with E-state index in [1.807, 2.05) is 0 Å². The minimum atomic E-state index is -6.67. The number of hydrogen-bond acceptors (Lipinski definition) is 2. The minimum absolute atomic E-state index is 2.71. The Balaban J connectivity index is 5.80. The fourth-order valence-corrected chi connectivity index (χ4v) is 1.02. The Kier molecular flexibility index (Phi) is 4.42. The van der Waals surface area contributed by atoms with Crippen LogP contribution < -0.4 is 0 Å². The first-order valence-corrected chi connectivity index (χ1v) is 4.18. The highest BCUT2D eigenvalue weighted by Crippen LogP contribution is 2.51. The summed E-state index contributed by atoms with van der Waals surface area (Å²) in [6.45, 7) is -2.71. The molecule has 0 bridgehead atoms. The van der Waals surface area contributed by atoms with Gasteiger partial charge >= 0.3 is 29.9 Å². The van der Waals surface area contributed by atoms with Crippen molar-refractivity contribution < 1.29 is 54.5 Å². The quantitative estimate of drug-likeness (QED) is 0.765. The zero-order valence-corrected chi connectivity index (χ0v) is 8.49. The monoisotopic (exact) mass is 308 g/mol. The van der Waals surface area contributed by atoms with Crippen LogP contribution in [-0.2, 0) is 4.79 Å². The molecule has 12 heteroatoms. The lowest BCUT2D eigenvalue weighted by Crippen LogP contribution is -2.61. The van der Waals surface area contributed by atoms with Gasteiger partial charge in [0, 0.05) is 0 Å². The number of aliphatic hydroxyl groups is 1. The average Bonchev–Trinajstić information content (AvgIpc) is 2.14. The number of carboxylic acids is 1. The topological polar surface area (TPSA) is 57.5 Å². The van der Waals surface area contributed by atoms with Gasteiger partial charge in [-0.25, -0.2) is 4.79 Å². The normalized spacial score (nSPS) is 16.3. The van der Waals surface area contributed by atoms with E-state index in [4.69, 9.17) is 10.2 Å². The van der Waals surface area contributed by atoms with Crippen LogP contribution in [-0.4, -0.2) is 46.7 Å². The number of aliphatic hydroxyl groups excluding tert-OH is 1. The van der Waals surface area contributed by atoms with Crippen LogP contribution in [0.25, 0.3) is 0 Å². The molecule has 0 aliphatic heterocycles. The number of rotatable bonds is 5. The first-order chi connectivity index (χ1) is 8.14. The first-order valence-electron chi connectivity index (χ1n) is 4.18. The number of carbonyl (C=O) groups is 1. The Labute approximate surface area is 98.2 Å². The van der Waals surface area contributed by atoms with E-state index in [0.717, 1.165) is 0 Å². The molecule has 1 unspecified atom stereocenters. The summed E-state index contributed by atoms with van der Waals surface area (Å²) < 4.78 is 111. The van der Waals surface area contributed by atoms with Gasteiger partial charge in [-0.05, 0) is 0 Å². The summed E-state index contributed by atoms with van der Waals surface area (Å²) in [4.78, 5) is 9.83. The molecule has 0 rings (SSSR count). The molecule has 0 aromatic rings. The SMILES string of the molecule is O=C(O)C(F)(F)C(F)(F)C(CO)C(F)(F)C(F)(F)F. The molecule has 0 aromatic carbocycles. The lowest BCUT2D eigenvalue weighted by molar-refractivity contribution is -0.352. The zero-order valence-electron chi connectivity index (χ0n) is 8.49. The van der Waals surface area contributed by atoms with Gasteiger partial charge in [0.15, 0.2) is 0 Å². The highest BCUT2D eigenvalue weighted by atomic mass is 19.4. The largest absolute Gasteiger partial charge is 0.477 e. The van der Waals surface area contributed by atoms with Crippen LogP contribution in [0.3, 0.4) is 0 Å². The maximum atomic E-state index is 12.9. The molecule has 0 aromatic heterocycles. The molecule has 1 atom stereocenters. The molecule has 0 amide bonds. The van der Waals surface area contributed by atoms with Crippen molar-refractivity contribution in [2.75, 3.05) is 6.61 Å². The molecule has 2 N–H and O–H groups in total. The Morgan fingerprint density at radius 3 is 1.47 bits per heavy atom. The number of hydrogen-bond donors (Lipinski definition) is 2. The highest BCUT2D eigenvalue weighted by molar-refractivity contribution is 5.76. The summed E-state index contributed by atoms with van der Waals surface area (Å²) in [7, 11) is 0. The van der Waals surface area contributed by atoms with Gasteiger partial charge in [-0.1, -0.05) is 0 Å².